The topological polar surface area (TPSA) is 84.9 Å². The number of carbonyl (C=O) groups is 3. The van der Waals surface area contributed by atoms with Gasteiger partial charge in [-0.3, -0.25) is 14.9 Å². The van der Waals surface area contributed by atoms with E-state index in [0.717, 1.165) is 14.9 Å². The number of nitrogens with one attached hydrogen (secondary N) is 1. The number of benzene rings is 3. The molecule has 1 fully saturated rings. The summed E-state index contributed by atoms with van der Waals surface area (Å²) in [6.45, 7) is 0.113. The predicted molar refractivity (Wildman–Crippen MR) is 132 cm³/mol. The number of rotatable bonds is 6. The zero-order chi connectivity index (χ0) is 25.1. The van der Waals surface area contributed by atoms with Crippen LogP contribution >= 0.6 is 27.5 Å². The van der Waals surface area contributed by atoms with Gasteiger partial charge in [-0.15, -0.1) is 0 Å². The molecule has 0 aliphatic carbocycles. The van der Waals surface area contributed by atoms with Crippen LogP contribution in [-0.2, 0) is 16.2 Å². The van der Waals surface area contributed by atoms with E-state index in [0.29, 0.717) is 11.3 Å². The second-order valence-corrected chi connectivity index (χ2v) is 8.71. The van der Waals surface area contributed by atoms with Crippen molar-refractivity contribution in [1.29, 1.82) is 0 Å². The second-order valence-electron chi connectivity index (χ2n) is 7.38. The van der Waals surface area contributed by atoms with Crippen LogP contribution in [0.2, 0.25) is 5.02 Å². The standard InChI is InChI=1S/C25H17BrClFN2O5/c1-34-21-12-15(11-20(27)22(21)35-13-14-2-6-17(28)7-3-14)10-19-23(31)29-25(33)30(24(19)32)18-8-4-16(26)5-9-18/h2-12H,13H2,1H3,(H,29,31,33)/b19-10+. The first kappa shape index (κ1) is 24.4. The minimum Gasteiger partial charge on any atom is -0.493 e. The summed E-state index contributed by atoms with van der Waals surface area (Å²) in [7, 11) is 1.42. The normalized spacial score (nSPS) is 14.8. The highest BCUT2D eigenvalue weighted by Crippen LogP contribution is 2.38. The van der Waals surface area contributed by atoms with Gasteiger partial charge in [-0.05, 0) is 65.7 Å². The molecule has 178 valence electrons. The molecule has 10 heteroatoms. The van der Waals surface area contributed by atoms with Crippen LogP contribution in [0.25, 0.3) is 6.08 Å². The Bertz CT molecular complexity index is 1340. The highest BCUT2D eigenvalue weighted by atomic mass is 79.9. The highest BCUT2D eigenvalue weighted by molar-refractivity contribution is 9.10. The van der Waals surface area contributed by atoms with Gasteiger partial charge in [0, 0.05) is 4.47 Å². The van der Waals surface area contributed by atoms with E-state index < -0.39 is 17.8 Å². The van der Waals surface area contributed by atoms with Crippen LogP contribution in [0.1, 0.15) is 11.1 Å². The Hall–Kier alpha value is -3.69. The van der Waals surface area contributed by atoms with E-state index >= 15 is 0 Å². The Morgan fingerprint density at radius 3 is 2.40 bits per heavy atom. The number of carbonyl (C=O) groups excluding carboxylic acids is 3. The smallest absolute Gasteiger partial charge is 0.335 e. The van der Waals surface area contributed by atoms with Crippen LogP contribution in [0.4, 0.5) is 14.9 Å². The molecule has 0 spiro atoms. The minimum absolute atomic E-state index is 0.113. The summed E-state index contributed by atoms with van der Waals surface area (Å²) in [6, 6.07) is 14.5. The second kappa shape index (κ2) is 10.3. The minimum atomic E-state index is -0.848. The number of methoxy groups -OCH3 is 1. The maximum Gasteiger partial charge on any atom is 0.335 e. The van der Waals surface area contributed by atoms with Gasteiger partial charge in [-0.2, -0.15) is 0 Å². The first-order valence-electron chi connectivity index (χ1n) is 10.2. The van der Waals surface area contributed by atoms with E-state index in [1.807, 2.05) is 0 Å². The van der Waals surface area contributed by atoms with E-state index in [2.05, 4.69) is 21.2 Å². The van der Waals surface area contributed by atoms with E-state index in [1.165, 1.54) is 31.4 Å². The summed E-state index contributed by atoms with van der Waals surface area (Å²) in [5.41, 5.74) is 1.14. The lowest BCUT2D eigenvalue weighted by molar-refractivity contribution is -0.122. The molecule has 1 saturated heterocycles. The molecule has 7 nitrogen and oxygen atoms in total. The van der Waals surface area contributed by atoms with Gasteiger partial charge in [0.2, 0.25) is 0 Å². The molecule has 0 bridgehead atoms. The summed E-state index contributed by atoms with van der Waals surface area (Å²) in [5, 5.41) is 2.34. The zero-order valence-corrected chi connectivity index (χ0v) is 20.5. The van der Waals surface area contributed by atoms with Gasteiger partial charge in [0.1, 0.15) is 18.0 Å². The van der Waals surface area contributed by atoms with Crippen molar-refractivity contribution >= 4 is 57.1 Å². The number of nitrogens with zero attached hydrogens (tertiary/aromatic N) is 1. The first-order chi connectivity index (χ1) is 16.8. The fourth-order valence-corrected chi connectivity index (χ4v) is 3.89. The number of amides is 4. The zero-order valence-electron chi connectivity index (χ0n) is 18.2. The Morgan fingerprint density at radius 2 is 1.74 bits per heavy atom. The molecular weight excluding hydrogens is 543 g/mol. The lowest BCUT2D eigenvalue weighted by Crippen LogP contribution is -2.54. The molecular formula is C25H17BrClFN2O5. The number of urea groups is 1. The van der Waals surface area contributed by atoms with Gasteiger partial charge < -0.3 is 9.47 Å². The molecule has 35 heavy (non-hydrogen) atoms. The Labute approximate surface area is 213 Å². The van der Waals surface area contributed by atoms with Crippen LogP contribution in [0.15, 0.2) is 70.7 Å². The van der Waals surface area contributed by atoms with E-state index in [9.17, 15) is 18.8 Å². The van der Waals surface area contributed by atoms with Crippen molar-refractivity contribution in [3.8, 4) is 11.5 Å². The Kier molecular flexibility index (Phi) is 7.18. The summed E-state index contributed by atoms with van der Waals surface area (Å²) in [6.07, 6.45) is 1.31. The SMILES string of the molecule is COc1cc(/C=C2\C(=O)NC(=O)N(c3ccc(Br)cc3)C2=O)cc(Cl)c1OCc1ccc(F)cc1. The third-order valence-corrected chi connectivity index (χ3v) is 5.86. The van der Waals surface area contributed by atoms with Crippen molar-refractivity contribution < 1.29 is 28.2 Å². The van der Waals surface area contributed by atoms with E-state index in [4.69, 9.17) is 21.1 Å². The summed E-state index contributed by atoms with van der Waals surface area (Å²) < 4.78 is 25.0. The number of ether oxygens (including phenoxy) is 2. The third kappa shape index (κ3) is 5.36. The number of imide groups is 2. The highest BCUT2D eigenvalue weighted by Gasteiger charge is 2.36. The van der Waals surface area contributed by atoms with E-state index in [-0.39, 0.29) is 34.5 Å². The van der Waals surface area contributed by atoms with Crippen molar-refractivity contribution in [2.75, 3.05) is 12.0 Å². The van der Waals surface area contributed by atoms with Crippen molar-refractivity contribution in [2.24, 2.45) is 0 Å². The van der Waals surface area contributed by atoms with Gasteiger partial charge >= 0.3 is 6.03 Å². The fraction of sp³-hybridized carbons (Fsp3) is 0.0800. The fourth-order valence-electron chi connectivity index (χ4n) is 3.35. The lowest BCUT2D eigenvalue weighted by Gasteiger charge is -2.26. The molecule has 0 saturated carbocycles. The Morgan fingerprint density at radius 1 is 1.06 bits per heavy atom. The summed E-state index contributed by atoms with van der Waals surface area (Å²) in [4.78, 5) is 38.8. The predicted octanol–water partition coefficient (Wildman–Crippen LogP) is 5.50. The summed E-state index contributed by atoms with van der Waals surface area (Å²) in [5.74, 6) is -1.47. The third-order valence-electron chi connectivity index (χ3n) is 5.05. The molecule has 3 aromatic rings. The van der Waals surface area contributed by atoms with Gasteiger partial charge in [-0.25, -0.2) is 14.1 Å². The number of hydrogen-bond donors (Lipinski definition) is 1. The number of hydrogen-bond acceptors (Lipinski definition) is 5. The molecule has 3 aromatic carbocycles. The van der Waals surface area contributed by atoms with Crippen molar-refractivity contribution in [1.82, 2.24) is 5.32 Å². The molecule has 1 heterocycles. The van der Waals surface area contributed by atoms with Gasteiger partial charge in [-0.1, -0.05) is 39.7 Å². The van der Waals surface area contributed by atoms with Crippen molar-refractivity contribution in [3.63, 3.8) is 0 Å². The van der Waals surface area contributed by atoms with Crippen LogP contribution in [0, 0.1) is 5.82 Å². The van der Waals surface area contributed by atoms with Gasteiger partial charge in [0.05, 0.1) is 17.8 Å². The van der Waals surface area contributed by atoms with Crippen molar-refractivity contribution in [2.45, 2.75) is 6.61 Å². The molecule has 1 aliphatic rings. The quantitative estimate of drug-likeness (QED) is 0.319. The Balaban J connectivity index is 1.63. The summed E-state index contributed by atoms with van der Waals surface area (Å²) >= 11 is 9.71. The monoisotopic (exact) mass is 558 g/mol. The largest absolute Gasteiger partial charge is 0.493 e. The van der Waals surface area contributed by atoms with Crippen molar-refractivity contribution in [3.05, 3.63) is 92.7 Å². The van der Waals surface area contributed by atoms with Crippen LogP contribution in [0.5, 0.6) is 11.5 Å². The molecule has 1 aliphatic heterocycles. The average molecular weight is 560 g/mol. The van der Waals surface area contributed by atoms with E-state index in [1.54, 1.807) is 42.5 Å². The molecule has 0 atom stereocenters. The lowest BCUT2D eigenvalue weighted by atomic mass is 10.1. The molecule has 4 rings (SSSR count). The first-order valence-corrected chi connectivity index (χ1v) is 11.4. The molecule has 4 amide bonds. The molecule has 1 N–H and O–H groups in total. The molecule has 0 aromatic heterocycles. The maximum atomic E-state index is 13.1. The number of halogens is 3. The van der Waals surface area contributed by atoms with Crippen LogP contribution < -0.4 is 19.7 Å². The maximum absolute atomic E-state index is 13.1. The molecule has 0 radical (unpaired) electrons. The van der Waals surface area contributed by atoms with Gasteiger partial charge in [0.15, 0.2) is 11.5 Å². The van der Waals surface area contributed by atoms with Crippen LogP contribution in [-0.4, -0.2) is 25.0 Å². The number of barbiturate groups is 1. The van der Waals surface area contributed by atoms with Gasteiger partial charge in [0.25, 0.3) is 11.8 Å². The average Bonchev–Trinajstić information content (AvgIpc) is 2.83. The molecule has 0 unspecified atom stereocenters. The number of anilines is 1. The van der Waals surface area contributed by atoms with Crippen LogP contribution in [0.3, 0.4) is 0 Å².